The number of nitrogens with two attached hydrogens (primary N) is 1. The van der Waals surface area contributed by atoms with E-state index in [4.69, 9.17) is 5.73 Å². The number of nitrogen functional groups attached to an aromatic ring is 1. The van der Waals surface area contributed by atoms with Crippen LogP contribution in [0.5, 0.6) is 0 Å². The molecule has 0 saturated carbocycles. The fraction of sp³-hybridized carbons (Fsp3) is 0.417. The van der Waals surface area contributed by atoms with Crippen molar-refractivity contribution in [2.24, 2.45) is 0 Å². The third-order valence-corrected chi connectivity index (χ3v) is 4.49. The molecule has 0 bridgehead atoms. The highest BCUT2D eigenvalue weighted by Gasteiger charge is 2.20. The number of anilines is 1. The number of hydrogen-bond donors (Lipinski definition) is 1. The van der Waals surface area contributed by atoms with Crippen molar-refractivity contribution in [3.8, 4) is 0 Å². The molecule has 1 aliphatic heterocycles. The highest BCUT2D eigenvalue weighted by atomic mass is 79.9. The first-order valence-electron chi connectivity index (χ1n) is 5.71. The van der Waals surface area contributed by atoms with Gasteiger partial charge in [-0.2, -0.15) is 11.8 Å². The summed E-state index contributed by atoms with van der Waals surface area (Å²) in [6.45, 7) is 1.41. The molecule has 6 heteroatoms. The predicted molar refractivity (Wildman–Crippen MR) is 76.4 cm³/mol. The molecule has 0 atom stereocenters. The molecule has 0 radical (unpaired) electrons. The van der Waals surface area contributed by atoms with E-state index in [1.807, 2.05) is 11.8 Å². The minimum absolute atomic E-state index is 0.179. The molecule has 1 heterocycles. The average Bonchev–Trinajstić information content (AvgIpc) is 2.61. The van der Waals surface area contributed by atoms with Crippen molar-refractivity contribution in [1.29, 1.82) is 0 Å². The van der Waals surface area contributed by atoms with E-state index in [0.717, 1.165) is 17.9 Å². The molecule has 1 aromatic rings. The van der Waals surface area contributed by atoms with E-state index < -0.39 is 5.82 Å². The largest absolute Gasteiger partial charge is 0.398 e. The maximum absolute atomic E-state index is 13.5. The van der Waals surface area contributed by atoms with Crippen LogP contribution in [0.25, 0.3) is 0 Å². The van der Waals surface area contributed by atoms with Crippen LogP contribution in [-0.4, -0.2) is 35.4 Å². The maximum Gasteiger partial charge on any atom is 0.256 e. The van der Waals surface area contributed by atoms with Gasteiger partial charge in [0.2, 0.25) is 0 Å². The van der Waals surface area contributed by atoms with E-state index in [0.29, 0.717) is 18.8 Å². The summed E-state index contributed by atoms with van der Waals surface area (Å²) in [6, 6.07) is 2.65. The Morgan fingerprint density at radius 2 is 2.17 bits per heavy atom. The number of benzene rings is 1. The Balaban J connectivity index is 2.24. The maximum atomic E-state index is 13.5. The molecule has 0 spiro atoms. The Kier molecular flexibility index (Phi) is 4.50. The lowest BCUT2D eigenvalue weighted by molar-refractivity contribution is 0.0769. The van der Waals surface area contributed by atoms with Gasteiger partial charge in [-0.25, -0.2) is 4.39 Å². The van der Waals surface area contributed by atoms with Gasteiger partial charge in [0.15, 0.2) is 0 Å². The summed E-state index contributed by atoms with van der Waals surface area (Å²) in [5, 5.41) is 0. The topological polar surface area (TPSA) is 46.3 Å². The van der Waals surface area contributed by atoms with Gasteiger partial charge in [0, 0.05) is 24.5 Å². The Morgan fingerprint density at radius 1 is 1.39 bits per heavy atom. The predicted octanol–water partition coefficient (Wildman–Crippen LogP) is 2.75. The Hall–Kier alpha value is -0.750. The molecule has 1 amide bonds. The standard InChI is InChI=1S/C12H14BrFN2OS/c13-9-7-11(15)8(6-10(9)14)12(17)16-2-1-4-18-5-3-16/h6-7H,1-5,15H2. The zero-order valence-electron chi connectivity index (χ0n) is 9.79. The first-order chi connectivity index (χ1) is 8.59. The van der Waals surface area contributed by atoms with Crippen LogP contribution in [0.15, 0.2) is 16.6 Å². The number of hydrogen-bond acceptors (Lipinski definition) is 3. The second-order valence-electron chi connectivity index (χ2n) is 4.11. The van der Waals surface area contributed by atoms with Crippen LogP contribution in [0.4, 0.5) is 10.1 Å². The Bertz CT molecular complexity index is 462. The number of halogens is 2. The van der Waals surface area contributed by atoms with Gasteiger partial charge in [0.1, 0.15) is 5.82 Å². The normalized spacial score (nSPS) is 16.4. The van der Waals surface area contributed by atoms with E-state index in [1.54, 1.807) is 4.90 Å². The van der Waals surface area contributed by atoms with E-state index in [1.165, 1.54) is 12.1 Å². The van der Waals surface area contributed by atoms with Gasteiger partial charge in [-0.05, 0) is 40.2 Å². The first kappa shape index (κ1) is 13.7. The SMILES string of the molecule is Nc1cc(Br)c(F)cc1C(=O)N1CCCSCC1. The highest BCUT2D eigenvalue weighted by molar-refractivity contribution is 9.10. The second-order valence-corrected chi connectivity index (χ2v) is 6.19. The van der Waals surface area contributed by atoms with Crippen molar-refractivity contribution in [3.05, 3.63) is 28.0 Å². The number of carbonyl (C=O) groups is 1. The van der Waals surface area contributed by atoms with Gasteiger partial charge >= 0.3 is 0 Å². The van der Waals surface area contributed by atoms with Gasteiger partial charge in [-0.3, -0.25) is 4.79 Å². The highest BCUT2D eigenvalue weighted by Crippen LogP contribution is 2.24. The average molecular weight is 333 g/mol. The number of amides is 1. The summed E-state index contributed by atoms with van der Waals surface area (Å²) in [7, 11) is 0. The van der Waals surface area contributed by atoms with Crippen LogP contribution in [0, 0.1) is 5.82 Å². The Morgan fingerprint density at radius 3 is 2.94 bits per heavy atom. The molecule has 18 heavy (non-hydrogen) atoms. The van der Waals surface area contributed by atoms with Gasteiger partial charge in [0.05, 0.1) is 10.0 Å². The molecule has 1 aromatic carbocycles. The first-order valence-corrected chi connectivity index (χ1v) is 7.66. The monoisotopic (exact) mass is 332 g/mol. The van der Waals surface area contributed by atoms with E-state index >= 15 is 0 Å². The van der Waals surface area contributed by atoms with E-state index in [-0.39, 0.29) is 15.9 Å². The number of thioether (sulfide) groups is 1. The number of carbonyl (C=O) groups excluding carboxylic acids is 1. The van der Waals surface area contributed by atoms with Crippen molar-refractivity contribution in [2.75, 3.05) is 30.3 Å². The zero-order valence-corrected chi connectivity index (χ0v) is 12.2. The molecule has 1 fully saturated rings. The van der Waals surface area contributed by atoms with Crippen molar-refractivity contribution in [2.45, 2.75) is 6.42 Å². The summed E-state index contributed by atoms with van der Waals surface area (Å²) in [4.78, 5) is 14.0. The molecular formula is C12H14BrFN2OS. The molecule has 98 valence electrons. The smallest absolute Gasteiger partial charge is 0.256 e. The summed E-state index contributed by atoms with van der Waals surface area (Å²) in [6.07, 6.45) is 0.968. The Labute approximate surface area is 118 Å². The summed E-state index contributed by atoms with van der Waals surface area (Å²) < 4.78 is 13.8. The van der Waals surface area contributed by atoms with Crippen molar-refractivity contribution in [1.82, 2.24) is 4.90 Å². The van der Waals surface area contributed by atoms with Crippen LogP contribution in [0.2, 0.25) is 0 Å². The van der Waals surface area contributed by atoms with Crippen LogP contribution < -0.4 is 5.73 Å². The minimum Gasteiger partial charge on any atom is -0.398 e. The molecule has 1 saturated heterocycles. The van der Waals surface area contributed by atoms with Crippen molar-refractivity contribution in [3.63, 3.8) is 0 Å². The van der Waals surface area contributed by atoms with Gasteiger partial charge < -0.3 is 10.6 Å². The molecule has 2 N–H and O–H groups in total. The lowest BCUT2D eigenvalue weighted by Crippen LogP contribution is -2.33. The third-order valence-electron chi connectivity index (χ3n) is 2.83. The van der Waals surface area contributed by atoms with E-state index in [2.05, 4.69) is 15.9 Å². The van der Waals surface area contributed by atoms with Crippen LogP contribution in [0.1, 0.15) is 16.8 Å². The molecule has 3 nitrogen and oxygen atoms in total. The minimum atomic E-state index is -0.461. The van der Waals surface area contributed by atoms with Crippen molar-refractivity contribution < 1.29 is 9.18 Å². The second kappa shape index (κ2) is 5.93. The molecule has 1 aliphatic rings. The summed E-state index contributed by atoms with van der Waals surface area (Å²) in [5.74, 6) is 1.34. The number of rotatable bonds is 1. The summed E-state index contributed by atoms with van der Waals surface area (Å²) >= 11 is 4.89. The third kappa shape index (κ3) is 2.98. The molecular weight excluding hydrogens is 319 g/mol. The zero-order chi connectivity index (χ0) is 13.1. The molecule has 0 unspecified atom stereocenters. The van der Waals surface area contributed by atoms with Crippen LogP contribution in [0.3, 0.4) is 0 Å². The van der Waals surface area contributed by atoms with Gasteiger partial charge in [-0.1, -0.05) is 0 Å². The fourth-order valence-corrected chi connectivity index (χ4v) is 3.11. The van der Waals surface area contributed by atoms with Gasteiger partial charge in [-0.15, -0.1) is 0 Å². The molecule has 0 aromatic heterocycles. The van der Waals surface area contributed by atoms with Crippen LogP contribution >= 0.6 is 27.7 Å². The van der Waals surface area contributed by atoms with E-state index in [9.17, 15) is 9.18 Å². The van der Waals surface area contributed by atoms with Gasteiger partial charge in [0.25, 0.3) is 5.91 Å². The van der Waals surface area contributed by atoms with Crippen molar-refractivity contribution >= 4 is 39.3 Å². The number of nitrogens with zero attached hydrogens (tertiary/aromatic N) is 1. The fourth-order valence-electron chi connectivity index (χ4n) is 1.87. The summed E-state index contributed by atoms with van der Waals surface area (Å²) in [5.41, 5.74) is 6.35. The lowest BCUT2D eigenvalue weighted by atomic mass is 10.1. The molecule has 2 rings (SSSR count). The lowest BCUT2D eigenvalue weighted by Gasteiger charge is -2.21. The quantitative estimate of drug-likeness (QED) is 0.804. The van der Waals surface area contributed by atoms with Crippen LogP contribution in [-0.2, 0) is 0 Å². The molecule has 0 aliphatic carbocycles.